The van der Waals surface area contributed by atoms with Gasteiger partial charge in [-0.3, -0.25) is 9.59 Å². The monoisotopic (exact) mass is 774 g/mol. The Balaban J connectivity index is 0.874. The van der Waals surface area contributed by atoms with Gasteiger partial charge in [0.25, 0.3) is 11.8 Å². The molecular weight excluding hydrogens is 729 g/mol. The Labute approximate surface area is 322 Å². The standard InChI is InChI=1S/C40H46N4O8S2/c1-43(27-9-13-29(14-10-27)52-39(49)40(50,34-5-3-21-53-34)35-6-4-22-54-35)19-20-44(2)37(48)25-51-28-11-7-26(8-12-28)23-41-24-33(46)30-15-17-32(45)38-31(30)16-18-36(47)42-38/h3-8,11-12,15-18,21-22,27,29,31,33,41,45-46,50H,9-10,13-14,19-20,23-25H2,1-2H3/t27?,29?,31?,33-/m0/s1. The van der Waals surface area contributed by atoms with Crippen molar-refractivity contribution in [2.75, 3.05) is 40.3 Å². The van der Waals surface area contributed by atoms with Crippen molar-refractivity contribution in [1.82, 2.24) is 15.1 Å². The first kappa shape index (κ1) is 39.3. The fourth-order valence-corrected chi connectivity index (χ4v) is 8.55. The van der Waals surface area contributed by atoms with Crippen molar-refractivity contribution in [2.24, 2.45) is 10.9 Å². The predicted molar refractivity (Wildman–Crippen MR) is 208 cm³/mol. The molecule has 3 aliphatic rings. The van der Waals surface area contributed by atoms with Crippen LogP contribution in [0, 0.1) is 5.92 Å². The van der Waals surface area contributed by atoms with E-state index >= 15 is 0 Å². The quantitative estimate of drug-likeness (QED) is 0.154. The van der Waals surface area contributed by atoms with Crippen molar-refractivity contribution in [3.8, 4) is 5.75 Å². The van der Waals surface area contributed by atoms with Gasteiger partial charge in [-0.1, -0.05) is 36.4 Å². The second kappa shape index (κ2) is 17.8. The number of thiophene rings is 2. The predicted octanol–water partition coefficient (Wildman–Crippen LogP) is 4.36. The number of esters is 1. The number of fused-ring (bicyclic) bond motifs is 1. The van der Waals surface area contributed by atoms with Crippen LogP contribution in [0.25, 0.3) is 0 Å². The number of likely N-dealkylation sites (N-methyl/N-ethyl adjacent to an activating group) is 2. The summed E-state index contributed by atoms with van der Waals surface area (Å²) < 4.78 is 11.7. The van der Waals surface area contributed by atoms with E-state index in [0.29, 0.717) is 59.6 Å². The van der Waals surface area contributed by atoms with Crippen LogP contribution < -0.4 is 10.1 Å². The molecule has 2 atom stereocenters. The topological polar surface area (TPSA) is 161 Å². The number of amides is 2. The van der Waals surface area contributed by atoms with Crippen LogP contribution in [0.2, 0.25) is 0 Å². The molecule has 1 unspecified atom stereocenters. The van der Waals surface area contributed by atoms with E-state index < -0.39 is 29.5 Å². The summed E-state index contributed by atoms with van der Waals surface area (Å²) in [5, 5.41) is 39.3. The minimum Gasteiger partial charge on any atom is -0.506 e. The molecule has 1 saturated carbocycles. The third-order valence-electron chi connectivity index (χ3n) is 10.2. The highest BCUT2D eigenvalue weighted by atomic mass is 32.1. The van der Waals surface area contributed by atoms with Gasteiger partial charge in [0.1, 0.15) is 17.6 Å². The number of nitrogens with zero attached hydrogens (tertiary/aromatic N) is 3. The highest BCUT2D eigenvalue weighted by Gasteiger charge is 2.45. The molecule has 54 heavy (non-hydrogen) atoms. The van der Waals surface area contributed by atoms with Gasteiger partial charge in [-0.25, -0.2) is 9.79 Å². The van der Waals surface area contributed by atoms with Crippen LogP contribution in [0.3, 0.4) is 0 Å². The SMILES string of the molecule is CN(CCN(C)C1CCC(OC(=O)C(O)(c2cccs2)c2cccs2)CC1)C(=O)COc1ccc(CNC[C@H](O)C2=CC=C(O)C3=NC(=O)C=CC23)cc1. The molecule has 2 aliphatic carbocycles. The number of aliphatic hydroxyl groups is 3. The lowest BCUT2D eigenvalue weighted by Crippen LogP contribution is -2.44. The Morgan fingerprint density at radius 2 is 1.69 bits per heavy atom. The zero-order valence-electron chi connectivity index (χ0n) is 30.3. The lowest BCUT2D eigenvalue weighted by Gasteiger charge is -2.36. The molecule has 0 spiro atoms. The smallest absolute Gasteiger partial charge is 0.349 e. The summed E-state index contributed by atoms with van der Waals surface area (Å²) in [5.41, 5.74) is 0.0551. The van der Waals surface area contributed by atoms with Crippen LogP contribution in [0.15, 0.2) is 99.9 Å². The fourth-order valence-electron chi connectivity index (χ4n) is 6.84. The summed E-state index contributed by atoms with van der Waals surface area (Å²) in [6.07, 6.45) is 8.06. The van der Waals surface area contributed by atoms with Crippen LogP contribution in [0.5, 0.6) is 5.75 Å². The Bertz CT molecular complexity index is 1850. The van der Waals surface area contributed by atoms with Crippen LogP contribution in [0.4, 0.5) is 0 Å². The number of allylic oxidation sites excluding steroid dienone is 4. The van der Waals surface area contributed by atoms with Crippen LogP contribution in [-0.4, -0.2) is 107 Å². The number of nitrogens with one attached hydrogen (secondary N) is 1. The van der Waals surface area contributed by atoms with E-state index in [1.165, 1.54) is 34.8 Å². The van der Waals surface area contributed by atoms with Gasteiger partial charge in [0, 0.05) is 51.3 Å². The Morgan fingerprint density at radius 1 is 1.00 bits per heavy atom. The van der Waals surface area contributed by atoms with Crippen molar-refractivity contribution in [1.29, 1.82) is 0 Å². The fraction of sp³-hybridized carbons (Fsp3) is 0.400. The Kier molecular flexibility index (Phi) is 12.9. The number of hydrogen-bond donors (Lipinski definition) is 4. The van der Waals surface area contributed by atoms with E-state index in [9.17, 15) is 29.7 Å². The molecule has 12 nitrogen and oxygen atoms in total. The molecular formula is C40H46N4O8S2. The van der Waals surface area contributed by atoms with Gasteiger partial charge in [-0.2, -0.15) is 0 Å². The van der Waals surface area contributed by atoms with E-state index in [2.05, 4.69) is 15.2 Å². The number of benzene rings is 1. The van der Waals surface area contributed by atoms with Crippen LogP contribution in [0.1, 0.15) is 41.0 Å². The van der Waals surface area contributed by atoms with Gasteiger partial charge in [0.2, 0.25) is 5.60 Å². The average molecular weight is 775 g/mol. The molecule has 6 rings (SSSR count). The number of ether oxygens (including phenoxy) is 2. The summed E-state index contributed by atoms with van der Waals surface area (Å²) in [6.45, 7) is 1.88. The summed E-state index contributed by atoms with van der Waals surface area (Å²) in [6, 6.07) is 14.8. The molecule has 4 N–H and O–H groups in total. The van der Waals surface area contributed by atoms with Gasteiger partial charge < -0.3 is 39.9 Å². The molecule has 0 bridgehead atoms. The van der Waals surface area contributed by atoms with E-state index in [0.717, 1.165) is 18.4 Å². The van der Waals surface area contributed by atoms with Crippen LogP contribution in [-0.2, 0) is 31.3 Å². The average Bonchev–Trinajstić information content (AvgIpc) is 3.93. The maximum Gasteiger partial charge on any atom is 0.349 e. The first-order chi connectivity index (χ1) is 26.0. The molecule has 2 amide bonds. The van der Waals surface area contributed by atoms with Crippen molar-refractivity contribution < 1.29 is 39.2 Å². The van der Waals surface area contributed by atoms with Gasteiger partial charge in [0.05, 0.1) is 21.6 Å². The molecule has 3 heterocycles. The van der Waals surface area contributed by atoms with Gasteiger partial charge in [-0.15, -0.1) is 22.7 Å². The van der Waals surface area contributed by atoms with Crippen LogP contribution >= 0.6 is 22.7 Å². The highest BCUT2D eigenvalue weighted by molar-refractivity contribution is 7.12. The van der Waals surface area contributed by atoms with Crippen molar-refractivity contribution >= 4 is 46.2 Å². The first-order valence-electron chi connectivity index (χ1n) is 18.0. The number of hydrogen-bond acceptors (Lipinski definition) is 12. The number of carbonyl (C=O) groups excluding carboxylic acids is 3. The molecule has 1 fully saturated rings. The lowest BCUT2D eigenvalue weighted by atomic mass is 9.84. The summed E-state index contributed by atoms with van der Waals surface area (Å²) in [5.74, 6) is -1.15. The van der Waals surface area contributed by atoms with Crippen molar-refractivity contribution in [2.45, 2.75) is 56.1 Å². The summed E-state index contributed by atoms with van der Waals surface area (Å²) in [4.78, 5) is 46.7. The van der Waals surface area contributed by atoms with Crippen molar-refractivity contribution in [3.05, 3.63) is 110 Å². The number of aliphatic imine (C=N–C) groups is 1. The van der Waals surface area contributed by atoms with Gasteiger partial charge >= 0.3 is 5.97 Å². The van der Waals surface area contributed by atoms with E-state index in [1.807, 2.05) is 42.1 Å². The zero-order chi connectivity index (χ0) is 38.2. The number of carbonyl (C=O) groups is 3. The number of rotatable bonds is 16. The largest absolute Gasteiger partial charge is 0.506 e. The second-order valence-electron chi connectivity index (χ2n) is 13.8. The molecule has 3 aromatic rings. The minimum absolute atomic E-state index is 0.0749. The molecule has 2 aromatic heterocycles. The Hall–Kier alpha value is -4.44. The summed E-state index contributed by atoms with van der Waals surface area (Å²) in [7, 11) is 3.81. The highest BCUT2D eigenvalue weighted by Crippen LogP contribution is 2.38. The number of aliphatic hydroxyl groups excluding tert-OH is 2. The first-order valence-corrected chi connectivity index (χ1v) is 19.8. The van der Waals surface area contributed by atoms with E-state index in [-0.39, 0.29) is 36.6 Å². The molecule has 14 heteroatoms. The molecule has 1 aliphatic heterocycles. The normalized spacial score (nSPS) is 20.4. The van der Waals surface area contributed by atoms with Gasteiger partial charge in [0.15, 0.2) is 6.61 Å². The second-order valence-corrected chi connectivity index (χ2v) is 15.7. The van der Waals surface area contributed by atoms with E-state index in [1.54, 1.807) is 48.4 Å². The Morgan fingerprint density at radius 3 is 2.33 bits per heavy atom. The summed E-state index contributed by atoms with van der Waals surface area (Å²) >= 11 is 2.66. The molecule has 286 valence electrons. The molecule has 1 aromatic carbocycles. The third-order valence-corrected chi connectivity index (χ3v) is 12.1. The zero-order valence-corrected chi connectivity index (χ0v) is 31.9. The van der Waals surface area contributed by atoms with Gasteiger partial charge in [-0.05, 0) is 85.0 Å². The van der Waals surface area contributed by atoms with Crippen molar-refractivity contribution in [3.63, 3.8) is 0 Å². The maximum absolute atomic E-state index is 13.4. The molecule has 0 radical (unpaired) electrons. The van der Waals surface area contributed by atoms with E-state index in [4.69, 9.17) is 9.47 Å². The maximum atomic E-state index is 13.4. The number of dihydropyridines is 1. The lowest BCUT2D eigenvalue weighted by molar-refractivity contribution is -0.169. The molecule has 0 saturated heterocycles. The third kappa shape index (κ3) is 9.25. The minimum atomic E-state index is -1.80.